The number of amides is 1. The van der Waals surface area contributed by atoms with E-state index in [4.69, 9.17) is 5.73 Å². The molecule has 4 rings (SSSR count). The summed E-state index contributed by atoms with van der Waals surface area (Å²) in [5.74, 6) is 0.260. The first-order valence-corrected chi connectivity index (χ1v) is 7.96. The third-order valence-corrected chi connectivity index (χ3v) is 4.64. The number of nitrogens with two attached hydrogens (primary N) is 1. The van der Waals surface area contributed by atoms with Crippen molar-refractivity contribution in [3.8, 4) is 0 Å². The molecular weight excluding hydrogens is 290 g/mol. The number of nitrogen functional groups attached to an aromatic ring is 1. The molecule has 118 valence electrons. The Hall–Kier alpha value is -2.63. The van der Waals surface area contributed by atoms with E-state index < -0.39 is 0 Å². The molecule has 6 heteroatoms. The summed E-state index contributed by atoms with van der Waals surface area (Å²) in [5, 5.41) is 3.09. The number of nitrogens with one attached hydrogen (secondary N) is 1. The summed E-state index contributed by atoms with van der Waals surface area (Å²) in [6.45, 7) is 0. The number of para-hydroxylation sites is 2. The van der Waals surface area contributed by atoms with E-state index in [1.807, 2.05) is 31.3 Å². The van der Waals surface area contributed by atoms with Gasteiger partial charge in [0.25, 0.3) is 5.91 Å². The largest absolute Gasteiger partial charge is 0.384 e. The number of hydrogen-bond acceptors (Lipinski definition) is 4. The second-order valence-corrected chi connectivity index (χ2v) is 6.16. The topological polar surface area (TPSA) is 85.8 Å². The zero-order valence-electron chi connectivity index (χ0n) is 13.0. The Morgan fingerprint density at radius 3 is 2.57 bits per heavy atom. The van der Waals surface area contributed by atoms with Gasteiger partial charge in [0.1, 0.15) is 16.9 Å². The Kier molecular flexibility index (Phi) is 3.18. The van der Waals surface area contributed by atoms with Gasteiger partial charge in [0.2, 0.25) is 0 Å². The average molecular weight is 309 g/mol. The molecule has 0 unspecified atom stereocenters. The fourth-order valence-corrected chi connectivity index (χ4v) is 3.35. The highest BCUT2D eigenvalue weighted by atomic mass is 16.1. The summed E-state index contributed by atoms with van der Waals surface area (Å²) in [6.07, 6.45) is 4.40. The predicted molar refractivity (Wildman–Crippen MR) is 90.1 cm³/mol. The van der Waals surface area contributed by atoms with Crippen molar-refractivity contribution in [1.29, 1.82) is 0 Å². The minimum absolute atomic E-state index is 0.149. The molecular formula is C17H19N5O. The number of nitrogens with zero attached hydrogens (tertiary/aromatic N) is 3. The average Bonchev–Trinajstić information content (AvgIpc) is 3.13. The van der Waals surface area contributed by atoms with Crippen molar-refractivity contribution in [2.24, 2.45) is 7.05 Å². The summed E-state index contributed by atoms with van der Waals surface area (Å²) in [4.78, 5) is 22.0. The van der Waals surface area contributed by atoms with Gasteiger partial charge in [0, 0.05) is 13.1 Å². The zero-order chi connectivity index (χ0) is 16.0. The van der Waals surface area contributed by atoms with E-state index in [9.17, 15) is 4.79 Å². The monoisotopic (exact) mass is 309 g/mol. The van der Waals surface area contributed by atoms with Crippen LogP contribution < -0.4 is 11.1 Å². The first kappa shape index (κ1) is 14.0. The molecule has 6 nitrogen and oxygen atoms in total. The molecule has 1 amide bonds. The molecule has 2 aromatic heterocycles. The third-order valence-electron chi connectivity index (χ3n) is 4.64. The lowest BCUT2D eigenvalue weighted by molar-refractivity contribution is 0.0940. The van der Waals surface area contributed by atoms with Crippen molar-refractivity contribution in [2.75, 3.05) is 5.73 Å². The van der Waals surface area contributed by atoms with Crippen LogP contribution in [0.4, 0.5) is 5.82 Å². The molecule has 0 aliphatic heterocycles. The molecule has 1 saturated carbocycles. The van der Waals surface area contributed by atoms with Gasteiger partial charge in [0.15, 0.2) is 5.65 Å². The van der Waals surface area contributed by atoms with Crippen LogP contribution in [-0.2, 0) is 7.05 Å². The quantitative estimate of drug-likeness (QED) is 0.761. The minimum Gasteiger partial charge on any atom is -0.384 e. The van der Waals surface area contributed by atoms with Gasteiger partial charge in [-0.3, -0.25) is 4.79 Å². The maximum atomic E-state index is 12.7. The summed E-state index contributed by atoms with van der Waals surface area (Å²) < 4.78 is 1.73. The van der Waals surface area contributed by atoms with Crippen molar-refractivity contribution in [1.82, 2.24) is 19.9 Å². The van der Waals surface area contributed by atoms with Crippen LogP contribution in [0.3, 0.4) is 0 Å². The number of fused-ring (bicyclic) bond motifs is 2. The highest BCUT2D eigenvalue weighted by molar-refractivity contribution is 6.10. The first-order valence-electron chi connectivity index (χ1n) is 7.96. The van der Waals surface area contributed by atoms with Gasteiger partial charge in [0.05, 0.1) is 11.0 Å². The standard InChI is InChI=1S/C17H19N5O/c1-22-15(18)13(17(23)19-10-6-2-3-7-10)14-16(22)21-12-9-5-4-8-11(12)20-14/h4-5,8-10H,2-3,6-7,18H2,1H3,(H,19,23). The van der Waals surface area contributed by atoms with E-state index in [2.05, 4.69) is 15.3 Å². The zero-order valence-corrected chi connectivity index (χ0v) is 13.0. The number of hydrogen-bond donors (Lipinski definition) is 2. The van der Waals surface area contributed by atoms with E-state index in [-0.39, 0.29) is 11.9 Å². The molecule has 1 aliphatic rings. The van der Waals surface area contributed by atoms with Crippen molar-refractivity contribution >= 4 is 33.9 Å². The highest BCUT2D eigenvalue weighted by Gasteiger charge is 2.25. The lowest BCUT2D eigenvalue weighted by atomic mass is 10.2. The molecule has 2 heterocycles. The number of benzene rings is 1. The van der Waals surface area contributed by atoms with Crippen LogP contribution in [0.5, 0.6) is 0 Å². The molecule has 1 fully saturated rings. The Labute approximate surface area is 133 Å². The third kappa shape index (κ3) is 2.21. The summed E-state index contributed by atoms with van der Waals surface area (Å²) >= 11 is 0. The molecule has 1 aromatic carbocycles. The van der Waals surface area contributed by atoms with E-state index in [1.54, 1.807) is 4.57 Å². The number of anilines is 1. The van der Waals surface area contributed by atoms with Crippen LogP contribution in [0.15, 0.2) is 24.3 Å². The first-order chi connectivity index (χ1) is 11.1. The molecule has 0 radical (unpaired) electrons. The highest BCUT2D eigenvalue weighted by Crippen LogP contribution is 2.27. The normalized spacial score (nSPS) is 15.5. The molecule has 23 heavy (non-hydrogen) atoms. The number of aryl methyl sites for hydroxylation is 1. The van der Waals surface area contributed by atoms with Crippen LogP contribution in [0.2, 0.25) is 0 Å². The summed E-state index contributed by atoms with van der Waals surface area (Å²) in [7, 11) is 1.81. The van der Waals surface area contributed by atoms with E-state index in [1.165, 1.54) is 12.8 Å². The van der Waals surface area contributed by atoms with Crippen LogP contribution in [0.25, 0.3) is 22.2 Å². The van der Waals surface area contributed by atoms with Crippen molar-refractivity contribution in [3.05, 3.63) is 29.8 Å². The van der Waals surface area contributed by atoms with Gasteiger partial charge in [-0.15, -0.1) is 0 Å². The minimum atomic E-state index is -0.149. The Morgan fingerprint density at radius 1 is 1.22 bits per heavy atom. The van der Waals surface area contributed by atoms with Crippen LogP contribution in [0, 0.1) is 0 Å². The van der Waals surface area contributed by atoms with Gasteiger partial charge in [-0.25, -0.2) is 9.97 Å². The van der Waals surface area contributed by atoms with E-state index in [0.29, 0.717) is 22.5 Å². The second-order valence-electron chi connectivity index (χ2n) is 6.16. The molecule has 3 aromatic rings. The van der Waals surface area contributed by atoms with Crippen LogP contribution in [-0.4, -0.2) is 26.5 Å². The van der Waals surface area contributed by atoms with E-state index in [0.717, 1.165) is 23.9 Å². The predicted octanol–water partition coefficient (Wildman–Crippen LogP) is 2.38. The van der Waals surface area contributed by atoms with Gasteiger partial charge < -0.3 is 15.6 Å². The smallest absolute Gasteiger partial charge is 0.257 e. The number of carbonyl (C=O) groups is 1. The van der Waals surface area contributed by atoms with Crippen molar-refractivity contribution in [2.45, 2.75) is 31.7 Å². The lowest BCUT2D eigenvalue weighted by Crippen LogP contribution is -2.33. The fourth-order valence-electron chi connectivity index (χ4n) is 3.35. The maximum Gasteiger partial charge on any atom is 0.257 e. The molecule has 0 saturated heterocycles. The van der Waals surface area contributed by atoms with Crippen LogP contribution in [0.1, 0.15) is 36.0 Å². The molecule has 0 bridgehead atoms. The Morgan fingerprint density at radius 2 is 1.87 bits per heavy atom. The fraction of sp³-hybridized carbons (Fsp3) is 0.353. The number of carbonyl (C=O) groups excluding carboxylic acids is 1. The number of rotatable bonds is 2. The SMILES string of the molecule is Cn1c(N)c(C(=O)NC2CCCC2)c2nc3ccccc3nc21. The summed E-state index contributed by atoms with van der Waals surface area (Å²) in [5.41, 5.74) is 9.38. The Balaban J connectivity index is 1.86. The molecule has 1 aliphatic carbocycles. The molecule has 0 spiro atoms. The van der Waals surface area contributed by atoms with Gasteiger partial charge in [-0.1, -0.05) is 25.0 Å². The van der Waals surface area contributed by atoms with Gasteiger partial charge in [-0.05, 0) is 25.0 Å². The molecule has 3 N–H and O–H groups in total. The molecule has 0 atom stereocenters. The number of aromatic nitrogens is 3. The lowest BCUT2D eigenvalue weighted by Gasteiger charge is -2.11. The van der Waals surface area contributed by atoms with Gasteiger partial charge in [-0.2, -0.15) is 0 Å². The second kappa shape index (κ2) is 5.22. The van der Waals surface area contributed by atoms with E-state index >= 15 is 0 Å². The summed E-state index contributed by atoms with van der Waals surface area (Å²) in [6, 6.07) is 7.87. The van der Waals surface area contributed by atoms with Gasteiger partial charge >= 0.3 is 0 Å². The van der Waals surface area contributed by atoms with Crippen molar-refractivity contribution < 1.29 is 4.79 Å². The van der Waals surface area contributed by atoms with Crippen LogP contribution >= 0.6 is 0 Å². The Bertz CT molecular complexity index is 908. The van der Waals surface area contributed by atoms with Crippen molar-refractivity contribution in [3.63, 3.8) is 0 Å². The maximum absolute atomic E-state index is 12.7.